The first-order valence-electron chi connectivity index (χ1n) is 4.61. The van der Waals surface area contributed by atoms with Crippen molar-refractivity contribution >= 4 is 17.4 Å². The molecule has 2 unspecified atom stereocenters. The molecule has 0 spiro atoms. The number of hydrogen-bond acceptors (Lipinski definition) is 4. The molecule has 1 N–H and O–H groups in total. The zero-order chi connectivity index (χ0) is 9.97. The summed E-state index contributed by atoms with van der Waals surface area (Å²) in [5.41, 5.74) is 0. The highest BCUT2D eigenvalue weighted by Crippen LogP contribution is 2.22. The van der Waals surface area contributed by atoms with E-state index in [1.54, 1.807) is 6.20 Å². The van der Waals surface area contributed by atoms with Gasteiger partial charge in [-0.3, -0.25) is 0 Å². The molecule has 1 aliphatic rings. The molecule has 0 aliphatic carbocycles. The maximum absolute atomic E-state index is 5.92. The highest BCUT2D eigenvalue weighted by Gasteiger charge is 2.24. The van der Waals surface area contributed by atoms with Gasteiger partial charge in [0.25, 0.3) is 0 Å². The molecule has 1 aliphatic heterocycles. The minimum absolute atomic E-state index is 0.209. The third kappa shape index (κ3) is 1.96. The van der Waals surface area contributed by atoms with E-state index in [4.69, 9.17) is 16.3 Å². The molecule has 2 heterocycles. The number of aromatic nitrogens is 2. The minimum atomic E-state index is 0.209. The Labute approximate surface area is 87.7 Å². The van der Waals surface area contributed by atoms with Gasteiger partial charge in [-0.05, 0) is 13.3 Å². The summed E-state index contributed by atoms with van der Waals surface area (Å²) >= 11 is 5.92. The highest BCUT2D eigenvalue weighted by atomic mass is 35.5. The number of rotatable bonds is 2. The van der Waals surface area contributed by atoms with E-state index in [-0.39, 0.29) is 6.10 Å². The number of halogens is 1. The first-order chi connectivity index (χ1) is 6.77. The number of ether oxygens (including phenoxy) is 1. The van der Waals surface area contributed by atoms with E-state index in [9.17, 15) is 0 Å². The summed E-state index contributed by atoms with van der Waals surface area (Å²) in [6, 6.07) is 0.294. The van der Waals surface area contributed by atoms with Crippen molar-refractivity contribution in [3.8, 4) is 0 Å². The number of hydrogen-bond donors (Lipinski definition) is 1. The number of anilines is 1. The summed E-state index contributed by atoms with van der Waals surface area (Å²) < 4.78 is 5.43. The second-order valence-corrected chi connectivity index (χ2v) is 3.74. The SMILES string of the molecule is CC1OCCC1Nc1ncncc1Cl. The van der Waals surface area contributed by atoms with Crippen LogP contribution < -0.4 is 5.32 Å². The van der Waals surface area contributed by atoms with E-state index in [0.717, 1.165) is 13.0 Å². The monoisotopic (exact) mass is 213 g/mol. The summed E-state index contributed by atoms with van der Waals surface area (Å²) in [4.78, 5) is 7.89. The Balaban J connectivity index is 2.07. The van der Waals surface area contributed by atoms with Crippen molar-refractivity contribution in [2.45, 2.75) is 25.5 Å². The molecule has 0 saturated carbocycles. The molecule has 1 aromatic rings. The molecular weight excluding hydrogens is 202 g/mol. The third-order valence-electron chi connectivity index (χ3n) is 2.37. The van der Waals surface area contributed by atoms with Gasteiger partial charge in [0.2, 0.25) is 0 Å². The molecule has 0 amide bonds. The van der Waals surface area contributed by atoms with Crippen LogP contribution in [0.3, 0.4) is 0 Å². The maximum Gasteiger partial charge on any atom is 0.148 e. The smallest absolute Gasteiger partial charge is 0.148 e. The summed E-state index contributed by atoms with van der Waals surface area (Å²) in [6.45, 7) is 2.83. The fraction of sp³-hybridized carbons (Fsp3) is 0.556. The van der Waals surface area contributed by atoms with Crippen LogP contribution in [0.15, 0.2) is 12.5 Å². The molecule has 1 fully saturated rings. The molecule has 1 saturated heterocycles. The second kappa shape index (κ2) is 4.11. The lowest BCUT2D eigenvalue weighted by atomic mass is 10.1. The zero-order valence-electron chi connectivity index (χ0n) is 7.90. The van der Waals surface area contributed by atoms with Crippen molar-refractivity contribution < 1.29 is 4.74 Å². The van der Waals surface area contributed by atoms with E-state index in [0.29, 0.717) is 16.9 Å². The second-order valence-electron chi connectivity index (χ2n) is 3.33. The summed E-state index contributed by atoms with van der Waals surface area (Å²) in [7, 11) is 0. The van der Waals surface area contributed by atoms with Crippen molar-refractivity contribution in [3.63, 3.8) is 0 Å². The van der Waals surface area contributed by atoms with Crippen molar-refractivity contribution in [1.29, 1.82) is 0 Å². The van der Waals surface area contributed by atoms with Crippen LogP contribution in [0.25, 0.3) is 0 Å². The van der Waals surface area contributed by atoms with Crippen LogP contribution >= 0.6 is 11.6 Å². The van der Waals surface area contributed by atoms with Crippen LogP contribution in [0.2, 0.25) is 5.02 Å². The average Bonchev–Trinajstić information content (AvgIpc) is 2.56. The lowest BCUT2D eigenvalue weighted by Gasteiger charge is -2.16. The van der Waals surface area contributed by atoms with Gasteiger partial charge in [0.15, 0.2) is 0 Å². The Kier molecular flexibility index (Phi) is 2.84. The van der Waals surface area contributed by atoms with Crippen molar-refractivity contribution in [1.82, 2.24) is 9.97 Å². The molecule has 5 heteroatoms. The molecule has 14 heavy (non-hydrogen) atoms. The van der Waals surface area contributed by atoms with Crippen molar-refractivity contribution in [2.24, 2.45) is 0 Å². The normalized spacial score (nSPS) is 26.4. The first kappa shape index (κ1) is 9.68. The molecule has 0 bridgehead atoms. The predicted molar refractivity (Wildman–Crippen MR) is 54.5 cm³/mol. The summed E-state index contributed by atoms with van der Waals surface area (Å²) in [5.74, 6) is 0.684. The van der Waals surface area contributed by atoms with Crippen LogP contribution in [-0.4, -0.2) is 28.7 Å². The Morgan fingerprint density at radius 3 is 3.14 bits per heavy atom. The predicted octanol–water partition coefficient (Wildman–Crippen LogP) is 1.72. The van der Waals surface area contributed by atoms with Crippen LogP contribution in [0.4, 0.5) is 5.82 Å². The fourth-order valence-corrected chi connectivity index (χ4v) is 1.68. The topological polar surface area (TPSA) is 47.0 Å². The van der Waals surface area contributed by atoms with Crippen LogP contribution in [0.1, 0.15) is 13.3 Å². The number of nitrogens with one attached hydrogen (secondary N) is 1. The quantitative estimate of drug-likeness (QED) is 0.813. The Morgan fingerprint density at radius 2 is 2.50 bits per heavy atom. The number of nitrogens with zero attached hydrogens (tertiary/aromatic N) is 2. The van der Waals surface area contributed by atoms with E-state index >= 15 is 0 Å². The van der Waals surface area contributed by atoms with Crippen LogP contribution in [0, 0.1) is 0 Å². The lowest BCUT2D eigenvalue weighted by molar-refractivity contribution is 0.121. The minimum Gasteiger partial charge on any atom is -0.376 e. The molecule has 0 aromatic carbocycles. The molecule has 2 rings (SSSR count). The van der Waals surface area contributed by atoms with Gasteiger partial charge in [-0.15, -0.1) is 0 Å². The maximum atomic E-state index is 5.92. The standard InChI is InChI=1S/C9H12ClN3O/c1-6-8(2-3-14-6)13-9-7(10)4-11-5-12-9/h4-6,8H,2-3H2,1H3,(H,11,12,13). The summed E-state index contributed by atoms with van der Waals surface area (Å²) in [5, 5.41) is 3.80. The third-order valence-corrected chi connectivity index (χ3v) is 2.64. The Hall–Kier alpha value is -0.870. The van der Waals surface area contributed by atoms with Crippen LogP contribution in [0.5, 0.6) is 0 Å². The van der Waals surface area contributed by atoms with Crippen LogP contribution in [-0.2, 0) is 4.74 Å². The molecule has 1 aromatic heterocycles. The zero-order valence-corrected chi connectivity index (χ0v) is 8.66. The van der Waals surface area contributed by atoms with Crippen molar-refractivity contribution in [2.75, 3.05) is 11.9 Å². The fourth-order valence-electron chi connectivity index (χ4n) is 1.52. The largest absolute Gasteiger partial charge is 0.376 e. The molecule has 2 atom stereocenters. The van der Waals surface area contributed by atoms with Gasteiger partial charge in [0.1, 0.15) is 17.2 Å². The van der Waals surface area contributed by atoms with Gasteiger partial charge < -0.3 is 10.1 Å². The van der Waals surface area contributed by atoms with Crippen molar-refractivity contribution in [3.05, 3.63) is 17.5 Å². The first-order valence-corrected chi connectivity index (χ1v) is 4.99. The van der Waals surface area contributed by atoms with E-state index < -0.39 is 0 Å². The van der Waals surface area contributed by atoms with Gasteiger partial charge in [0.05, 0.1) is 18.3 Å². The molecule has 4 nitrogen and oxygen atoms in total. The summed E-state index contributed by atoms with van der Waals surface area (Å²) in [6.07, 6.45) is 4.26. The van der Waals surface area contributed by atoms with Gasteiger partial charge in [-0.2, -0.15) is 0 Å². The lowest BCUT2D eigenvalue weighted by Crippen LogP contribution is -2.27. The molecular formula is C9H12ClN3O. The molecule has 76 valence electrons. The average molecular weight is 214 g/mol. The molecule has 0 radical (unpaired) electrons. The van der Waals surface area contributed by atoms with E-state index in [2.05, 4.69) is 15.3 Å². The Bertz CT molecular complexity index is 321. The Morgan fingerprint density at radius 1 is 1.64 bits per heavy atom. The van der Waals surface area contributed by atoms with Gasteiger partial charge in [0, 0.05) is 6.61 Å². The van der Waals surface area contributed by atoms with Gasteiger partial charge >= 0.3 is 0 Å². The van der Waals surface area contributed by atoms with E-state index in [1.165, 1.54) is 6.33 Å². The highest BCUT2D eigenvalue weighted by molar-refractivity contribution is 6.32. The van der Waals surface area contributed by atoms with E-state index in [1.807, 2.05) is 6.92 Å². The van der Waals surface area contributed by atoms with Gasteiger partial charge in [-0.1, -0.05) is 11.6 Å². The van der Waals surface area contributed by atoms with Gasteiger partial charge in [-0.25, -0.2) is 9.97 Å².